The first-order valence-electron chi connectivity index (χ1n) is 6.10. The van der Waals surface area contributed by atoms with Crippen molar-refractivity contribution in [3.05, 3.63) is 18.3 Å². The summed E-state index contributed by atoms with van der Waals surface area (Å²) in [7, 11) is 1.62. The van der Waals surface area contributed by atoms with Gasteiger partial charge in [0, 0.05) is 13.7 Å². The van der Waals surface area contributed by atoms with Gasteiger partial charge in [-0.2, -0.15) is 0 Å². The maximum atomic E-state index is 12.0. The van der Waals surface area contributed by atoms with Crippen LogP contribution >= 0.6 is 0 Å². The molecule has 0 bridgehead atoms. The van der Waals surface area contributed by atoms with Gasteiger partial charge in [-0.3, -0.25) is 0 Å². The van der Waals surface area contributed by atoms with Crippen molar-refractivity contribution in [2.75, 3.05) is 19.0 Å². The van der Waals surface area contributed by atoms with Crippen molar-refractivity contribution in [2.45, 2.75) is 33.2 Å². The van der Waals surface area contributed by atoms with E-state index in [9.17, 15) is 13.2 Å². The largest absolute Gasteiger partial charge is 0.573 e. The van der Waals surface area contributed by atoms with Crippen molar-refractivity contribution in [1.82, 2.24) is 4.98 Å². The number of rotatable bonds is 5. The van der Waals surface area contributed by atoms with Crippen molar-refractivity contribution in [2.24, 2.45) is 5.41 Å². The maximum Gasteiger partial charge on any atom is 0.573 e. The van der Waals surface area contributed by atoms with Crippen LogP contribution in [-0.4, -0.2) is 31.1 Å². The van der Waals surface area contributed by atoms with E-state index in [4.69, 9.17) is 4.74 Å². The van der Waals surface area contributed by atoms with Gasteiger partial charge in [0.25, 0.3) is 0 Å². The van der Waals surface area contributed by atoms with E-state index >= 15 is 0 Å². The molecule has 114 valence electrons. The monoisotopic (exact) mass is 292 g/mol. The number of hydrogen-bond acceptors (Lipinski definition) is 4. The lowest BCUT2D eigenvalue weighted by Crippen LogP contribution is -2.35. The number of ether oxygens (including phenoxy) is 2. The highest BCUT2D eigenvalue weighted by molar-refractivity contribution is 5.37. The summed E-state index contributed by atoms with van der Waals surface area (Å²) < 4.78 is 45.1. The minimum atomic E-state index is -4.70. The molecule has 0 aliphatic rings. The molecule has 0 amide bonds. The zero-order chi connectivity index (χ0) is 15.4. The zero-order valence-electron chi connectivity index (χ0n) is 11.9. The highest BCUT2D eigenvalue weighted by Gasteiger charge is 2.31. The molecule has 4 nitrogen and oxygen atoms in total. The fourth-order valence-corrected chi connectivity index (χ4v) is 1.62. The summed E-state index contributed by atoms with van der Waals surface area (Å²) in [6.07, 6.45) is -3.73. The summed E-state index contributed by atoms with van der Waals surface area (Å²) >= 11 is 0. The van der Waals surface area contributed by atoms with Crippen LogP contribution in [0.5, 0.6) is 5.75 Å². The molecule has 1 atom stereocenters. The Kier molecular flexibility index (Phi) is 5.21. The average Bonchev–Trinajstić information content (AvgIpc) is 2.28. The van der Waals surface area contributed by atoms with E-state index in [-0.39, 0.29) is 17.3 Å². The summed E-state index contributed by atoms with van der Waals surface area (Å²) in [4.78, 5) is 3.86. The lowest BCUT2D eigenvalue weighted by molar-refractivity contribution is -0.274. The van der Waals surface area contributed by atoms with Crippen LogP contribution in [-0.2, 0) is 4.74 Å². The summed E-state index contributed by atoms with van der Waals surface area (Å²) in [6.45, 7) is 6.62. The quantitative estimate of drug-likeness (QED) is 0.902. The van der Waals surface area contributed by atoms with Gasteiger partial charge in [0.05, 0.1) is 12.3 Å². The van der Waals surface area contributed by atoms with Gasteiger partial charge < -0.3 is 14.8 Å². The molecule has 7 heteroatoms. The molecule has 1 N–H and O–H groups in total. The topological polar surface area (TPSA) is 43.4 Å². The van der Waals surface area contributed by atoms with E-state index in [2.05, 4.69) is 15.0 Å². The van der Waals surface area contributed by atoms with Gasteiger partial charge in [-0.05, 0) is 17.5 Å². The van der Waals surface area contributed by atoms with Gasteiger partial charge in [-0.25, -0.2) is 4.98 Å². The number of alkyl halides is 3. The second kappa shape index (κ2) is 6.30. The molecule has 0 aromatic carbocycles. The van der Waals surface area contributed by atoms with E-state index < -0.39 is 6.36 Å². The van der Waals surface area contributed by atoms with Crippen molar-refractivity contribution >= 4 is 5.82 Å². The van der Waals surface area contributed by atoms with Gasteiger partial charge >= 0.3 is 6.36 Å². The van der Waals surface area contributed by atoms with Crippen LogP contribution in [0.1, 0.15) is 20.8 Å². The molecule has 1 aromatic heterocycles. The van der Waals surface area contributed by atoms with Gasteiger partial charge in [0.2, 0.25) is 0 Å². The van der Waals surface area contributed by atoms with E-state index in [1.807, 2.05) is 20.8 Å². The molecule has 0 spiro atoms. The first-order valence-corrected chi connectivity index (χ1v) is 6.10. The third-order valence-corrected chi connectivity index (χ3v) is 2.69. The van der Waals surface area contributed by atoms with E-state index in [1.54, 1.807) is 7.11 Å². The molecule has 0 aliphatic carbocycles. The molecule has 0 aliphatic heterocycles. The van der Waals surface area contributed by atoms with Crippen LogP contribution in [0.25, 0.3) is 0 Å². The SMILES string of the molecule is COC(CNc1ccc(OC(F)(F)F)cn1)C(C)(C)C. The Morgan fingerprint density at radius 2 is 1.90 bits per heavy atom. The van der Waals surface area contributed by atoms with Gasteiger partial charge in [0.15, 0.2) is 0 Å². The molecule has 20 heavy (non-hydrogen) atoms. The standard InChI is InChI=1S/C13H19F3N2O2/c1-12(2,3)10(19-4)8-18-11-6-5-9(7-17-11)20-13(14,15)16/h5-7,10H,8H2,1-4H3,(H,17,18). The normalized spacial score (nSPS) is 13.9. The molecule has 0 saturated carbocycles. The number of anilines is 1. The molecule has 1 rings (SSSR count). The first-order chi connectivity index (χ1) is 9.12. The molecule has 1 heterocycles. The highest BCUT2D eigenvalue weighted by Crippen LogP contribution is 2.24. The van der Waals surface area contributed by atoms with Crippen LogP contribution in [0.3, 0.4) is 0 Å². The number of halogens is 3. The minimum Gasteiger partial charge on any atom is -0.404 e. The number of aromatic nitrogens is 1. The van der Waals surface area contributed by atoms with E-state index in [0.717, 1.165) is 6.20 Å². The second-order valence-corrected chi connectivity index (χ2v) is 5.40. The van der Waals surface area contributed by atoms with Crippen LogP contribution in [0.2, 0.25) is 0 Å². The van der Waals surface area contributed by atoms with Crippen LogP contribution in [0, 0.1) is 5.41 Å². The molecule has 1 unspecified atom stereocenters. The van der Waals surface area contributed by atoms with E-state index in [1.165, 1.54) is 12.1 Å². The third kappa shape index (κ3) is 5.64. The van der Waals surface area contributed by atoms with Crippen molar-refractivity contribution in [1.29, 1.82) is 0 Å². The summed E-state index contributed by atoms with van der Waals surface area (Å²) in [5.41, 5.74) is -0.0545. The lowest BCUT2D eigenvalue weighted by Gasteiger charge is -2.29. The molecule has 1 aromatic rings. The first kappa shape index (κ1) is 16.6. The highest BCUT2D eigenvalue weighted by atomic mass is 19.4. The zero-order valence-corrected chi connectivity index (χ0v) is 11.9. The fourth-order valence-electron chi connectivity index (χ4n) is 1.62. The number of pyridine rings is 1. The number of methoxy groups -OCH3 is 1. The molecule has 0 saturated heterocycles. The molecule has 0 radical (unpaired) electrons. The van der Waals surface area contributed by atoms with Crippen LogP contribution in [0.15, 0.2) is 18.3 Å². The molecular weight excluding hydrogens is 273 g/mol. The molecule has 0 fully saturated rings. The van der Waals surface area contributed by atoms with Crippen molar-refractivity contribution in [3.63, 3.8) is 0 Å². The lowest BCUT2D eigenvalue weighted by atomic mass is 9.89. The Labute approximate surface area is 116 Å². The van der Waals surface area contributed by atoms with Crippen LogP contribution < -0.4 is 10.1 Å². The fraction of sp³-hybridized carbons (Fsp3) is 0.615. The summed E-state index contributed by atoms with van der Waals surface area (Å²) in [5, 5.41) is 3.02. The number of nitrogens with zero attached hydrogens (tertiary/aromatic N) is 1. The minimum absolute atomic E-state index is 0.0459. The van der Waals surface area contributed by atoms with E-state index in [0.29, 0.717) is 12.4 Å². The Hall–Kier alpha value is -1.50. The molecular formula is C13H19F3N2O2. The van der Waals surface area contributed by atoms with Gasteiger partial charge in [-0.1, -0.05) is 20.8 Å². The van der Waals surface area contributed by atoms with Gasteiger partial charge in [0.1, 0.15) is 11.6 Å². The van der Waals surface area contributed by atoms with Crippen LogP contribution in [0.4, 0.5) is 19.0 Å². The summed E-state index contributed by atoms with van der Waals surface area (Å²) in [5.74, 6) is 0.119. The number of hydrogen-bond donors (Lipinski definition) is 1. The smallest absolute Gasteiger partial charge is 0.404 e. The Bertz CT molecular complexity index is 413. The predicted octanol–water partition coefficient (Wildman–Crippen LogP) is 3.45. The van der Waals surface area contributed by atoms with Crippen molar-refractivity contribution < 1.29 is 22.6 Å². The summed E-state index contributed by atoms with van der Waals surface area (Å²) in [6, 6.07) is 2.64. The maximum absolute atomic E-state index is 12.0. The Balaban J connectivity index is 2.58. The predicted molar refractivity (Wildman–Crippen MR) is 69.7 cm³/mol. The second-order valence-electron chi connectivity index (χ2n) is 5.40. The Morgan fingerprint density at radius 1 is 1.25 bits per heavy atom. The number of nitrogens with one attached hydrogen (secondary N) is 1. The Morgan fingerprint density at radius 3 is 2.30 bits per heavy atom. The van der Waals surface area contributed by atoms with Gasteiger partial charge in [-0.15, -0.1) is 13.2 Å². The van der Waals surface area contributed by atoms with Crippen molar-refractivity contribution in [3.8, 4) is 5.75 Å². The third-order valence-electron chi connectivity index (χ3n) is 2.69. The average molecular weight is 292 g/mol.